The lowest BCUT2D eigenvalue weighted by atomic mass is 9.98. The van der Waals surface area contributed by atoms with Gasteiger partial charge in [0.25, 0.3) is 0 Å². The zero-order valence-electron chi connectivity index (χ0n) is 25.2. The molecule has 216 valence electrons. The smallest absolute Gasteiger partial charge is 0.0547 e. The van der Waals surface area contributed by atoms with E-state index in [1.54, 1.807) is 0 Å². The van der Waals surface area contributed by atoms with Crippen LogP contribution in [0.15, 0.2) is 182 Å². The Kier molecular flexibility index (Phi) is 6.17. The normalized spacial score (nSPS) is 11.5. The van der Waals surface area contributed by atoms with Gasteiger partial charge in [-0.25, -0.2) is 0 Å². The first-order valence-electron chi connectivity index (χ1n) is 15.8. The molecule has 9 aromatic rings. The summed E-state index contributed by atoms with van der Waals surface area (Å²) in [6.45, 7) is 0. The van der Waals surface area contributed by atoms with E-state index in [2.05, 4.69) is 191 Å². The van der Waals surface area contributed by atoms with Crippen LogP contribution in [0.1, 0.15) is 0 Å². The minimum absolute atomic E-state index is 1.14. The second-order valence-corrected chi connectivity index (χ2v) is 11.8. The van der Waals surface area contributed by atoms with Crippen molar-refractivity contribution in [3.8, 4) is 16.8 Å². The lowest BCUT2D eigenvalue weighted by Crippen LogP contribution is -2.12. The maximum atomic E-state index is 2.46. The topological polar surface area (TPSA) is 8.17 Å². The number of rotatable bonds is 5. The van der Waals surface area contributed by atoms with E-state index in [-0.39, 0.29) is 0 Å². The average molecular weight is 587 g/mol. The summed E-state index contributed by atoms with van der Waals surface area (Å²) in [7, 11) is 0. The van der Waals surface area contributed by atoms with Crippen molar-refractivity contribution < 1.29 is 0 Å². The van der Waals surface area contributed by atoms with E-state index in [1.165, 1.54) is 54.5 Å². The fourth-order valence-corrected chi connectivity index (χ4v) is 7.10. The lowest BCUT2D eigenvalue weighted by molar-refractivity contribution is 1.18. The minimum Gasteiger partial charge on any atom is -0.309 e. The monoisotopic (exact) mass is 586 g/mol. The van der Waals surface area contributed by atoms with Crippen molar-refractivity contribution in [1.29, 1.82) is 0 Å². The Hall–Kier alpha value is -6.12. The van der Waals surface area contributed by atoms with Gasteiger partial charge in [0.05, 0.1) is 28.1 Å². The molecule has 1 aromatic heterocycles. The van der Waals surface area contributed by atoms with Crippen molar-refractivity contribution in [2.24, 2.45) is 0 Å². The highest BCUT2D eigenvalue weighted by Crippen LogP contribution is 2.46. The second kappa shape index (κ2) is 10.8. The van der Waals surface area contributed by atoms with Crippen LogP contribution in [-0.4, -0.2) is 4.57 Å². The molecule has 46 heavy (non-hydrogen) atoms. The number of fused-ring (bicyclic) bond motifs is 5. The van der Waals surface area contributed by atoms with Gasteiger partial charge in [-0.05, 0) is 58.8 Å². The van der Waals surface area contributed by atoms with Gasteiger partial charge in [-0.3, -0.25) is 0 Å². The summed E-state index contributed by atoms with van der Waals surface area (Å²) in [6, 6.07) is 65.7. The Morgan fingerprint density at radius 2 is 0.870 bits per heavy atom. The van der Waals surface area contributed by atoms with E-state index < -0.39 is 0 Å². The van der Waals surface area contributed by atoms with Crippen LogP contribution in [0.3, 0.4) is 0 Å². The third-order valence-electron chi connectivity index (χ3n) is 9.16. The molecule has 2 nitrogen and oxygen atoms in total. The first kappa shape index (κ1) is 26.3. The van der Waals surface area contributed by atoms with Crippen LogP contribution in [0.4, 0.5) is 17.1 Å². The Morgan fingerprint density at radius 1 is 0.348 bits per heavy atom. The third-order valence-corrected chi connectivity index (χ3v) is 9.16. The first-order valence-corrected chi connectivity index (χ1v) is 15.8. The zero-order valence-corrected chi connectivity index (χ0v) is 25.2. The molecule has 0 bridgehead atoms. The number of hydrogen-bond donors (Lipinski definition) is 0. The lowest BCUT2D eigenvalue weighted by Gasteiger charge is -2.30. The van der Waals surface area contributed by atoms with Gasteiger partial charge in [0.2, 0.25) is 0 Å². The SMILES string of the molecule is c1ccc(-n2c3ccccc3c3ccc(-c4ccccc4N(c4cccc5ccccc45)c4cccc5ccccc45)cc32)cc1. The Labute approximate surface area is 268 Å². The van der Waals surface area contributed by atoms with Crippen LogP contribution in [-0.2, 0) is 0 Å². The maximum Gasteiger partial charge on any atom is 0.0547 e. The number of anilines is 3. The van der Waals surface area contributed by atoms with Crippen molar-refractivity contribution in [3.05, 3.63) is 182 Å². The quantitative estimate of drug-likeness (QED) is 0.195. The second-order valence-electron chi connectivity index (χ2n) is 11.8. The summed E-state index contributed by atoms with van der Waals surface area (Å²) >= 11 is 0. The Balaban J connectivity index is 1.33. The number of nitrogens with zero attached hydrogens (tertiary/aromatic N) is 2. The van der Waals surface area contributed by atoms with Gasteiger partial charge in [0.15, 0.2) is 0 Å². The molecule has 2 heteroatoms. The predicted octanol–water partition coefficient (Wildman–Crippen LogP) is 12.2. The fourth-order valence-electron chi connectivity index (χ4n) is 7.10. The molecule has 1 heterocycles. The van der Waals surface area contributed by atoms with Crippen LogP contribution in [0.2, 0.25) is 0 Å². The molecule has 0 atom stereocenters. The van der Waals surface area contributed by atoms with Gasteiger partial charge < -0.3 is 9.47 Å². The molecule has 0 fully saturated rings. The minimum atomic E-state index is 1.14. The summed E-state index contributed by atoms with van der Waals surface area (Å²) in [5.74, 6) is 0. The van der Waals surface area contributed by atoms with Gasteiger partial charge in [-0.15, -0.1) is 0 Å². The Bertz CT molecular complexity index is 2450. The highest BCUT2D eigenvalue weighted by Gasteiger charge is 2.21. The largest absolute Gasteiger partial charge is 0.309 e. The molecule has 0 aliphatic heterocycles. The van der Waals surface area contributed by atoms with Crippen molar-refractivity contribution >= 4 is 60.4 Å². The number of para-hydroxylation sites is 3. The van der Waals surface area contributed by atoms with Crippen LogP contribution in [0.25, 0.3) is 60.2 Å². The van der Waals surface area contributed by atoms with Gasteiger partial charge >= 0.3 is 0 Å². The maximum absolute atomic E-state index is 2.46. The zero-order chi connectivity index (χ0) is 30.5. The molecular weight excluding hydrogens is 556 g/mol. The molecule has 0 N–H and O–H groups in total. The molecule has 0 amide bonds. The van der Waals surface area contributed by atoms with E-state index in [9.17, 15) is 0 Å². The van der Waals surface area contributed by atoms with Gasteiger partial charge in [-0.1, -0.05) is 140 Å². The van der Waals surface area contributed by atoms with Gasteiger partial charge in [-0.2, -0.15) is 0 Å². The molecule has 0 unspecified atom stereocenters. The molecule has 0 aliphatic rings. The number of aromatic nitrogens is 1. The molecule has 8 aromatic carbocycles. The predicted molar refractivity (Wildman–Crippen MR) is 196 cm³/mol. The summed E-state index contributed by atoms with van der Waals surface area (Å²) in [5, 5.41) is 7.38. The average Bonchev–Trinajstić information content (AvgIpc) is 3.46. The van der Waals surface area contributed by atoms with Gasteiger partial charge in [0, 0.05) is 32.8 Å². The van der Waals surface area contributed by atoms with E-state index in [4.69, 9.17) is 0 Å². The molecule has 0 aliphatic carbocycles. The van der Waals surface area contributed by atoms with Crippen LogP contribution in [0, 0.1) is 0 Å². The van der Waals surface area contributed by atoms with Crippen molar-refractivity contribution in [1.82, 2.24) is 4.57 Å². The van der Waals surface area contributed by atoms with Crippen LogP contribution >= 0.6 is 0 Å². The molecule has 0 saturated carbocycles. The molecular formula is C44H30N2. The molecule has 0 saturated heterocycles. The fraction of sp³-hybridized carbons (Fsp3) is 0. The molecule has 9 rings (SSSR count). The highest BCUT2D eigenvalue weighted by molar-refractivity contribution is 6.11. The van der Waals surface area contributed by atoms with Crippen LogP contribution < -0.4 is 4.90 Å². The number of hydrogen-bond acceptors (Lipinski definition) is 1. The summed E-state index contributed by atoms with van der Waals surface area (Å²) < 4.78 is 2.39. The standard InChI is InChI=1S/C44H30N2/c1-2-18-34(19-3-1)45-43-25-11-9-23-38(43)39-29-28-33(30-44(39)45)37-22-8-10-24-40(37)46(41-26-12-16-31-14-4-6-20-35(31)41)42-27-13-17-32-15-5-7-21-36(32)42/h1-30H. The van der Waals surface area contributed by atoms with Crippen LogP contribution in [0.5, 0.6) is 0 Å². The first-order chi connectivity index (χ1) is 22.8. The molecule has 0 radical (unpaired) electrons. The van der Waals surface area contributed by atoms with Crippen molar-refractivity contribution in [2.75, 3.05) is 4.90 Å². The summed E-state index contributed by atoms with van der Waals surface area (Å²) in [4.78, 5) is 2.46. The summed E-state index contributed by atoms with van der Waals surface area (Å²) in [5.41, 5.74) is 9.36. The van der Waals surface area contributed by atoms with E-state index in [0.717, 1.165) is 22.7 Å². The van der Waals surface area contributed by atoms with E-state index in [1.807, 2.05) is 0 Å². The van der Waals surface area contributed by atoms with E-state index >= 15 is 0 Å². The van der Waals surface area contributed by atoms with Gasteiger partial charge in [0.1, 0.15) is 0 Å². The highest BCUT2D eigenvalue weighted by atomic mass is 15.1. The van der Waals surface area contributed by atoms with Crippen molar-refractivity contribution in [2.45, 2.75) is 0 Å². The molecule has 0 spiro atoms. The Morgan fingerprint density at radius 3 is 1.59 bits per heavy atom. The summed E-state index contributed by atoms with van der Waals surface area (Å²) in [6.07, 6.45) is 0. The van der Waals surface area contributed by atoms with Crippen molar-refractivity contribution in [3.63, 3.8) is 0 Å². The third kappa shape index (κ3) is 4.19. The number of benzene rings is 8. The van der Waals surface area contributed by atoms with E-state index in [0.29, 0.717) is 0 Å².